The molecule has 208 valence electrons. The lowest BCUT2D eigenvalue weighted by Crippen LogP contribution is -2.71. The fraction of sp³-hybridized carbons (Fsp3) is 0.583. The summed E-state index contributed by atoms with van der Waals surface area (Å²) in [6.07, 6.45) is -0.171. The van der Waals surface area contributed by atoms with E-state index in [9.17, 15) is 19.2 Å². The van der Waals surface area contributed by atoms with Crippen LogP contribution in [0.1, 0.15) is 38.6 Å². The number of β-lactam (4-membered cyclic amide) rings is 1. The van der Waals surface area contributed by atoms with Crippen LogP contribution in [0, 0.1) is 5.92 Å². The Kier molecular flexibility index (Phi) is 10.4. The van der Waals surface area contributed by atoms with Crippen molar-refractivity contribution in [2.75, 3.05) is 39.0 Å². The summed E-state index contributed by atoms with van der Waals surface area (Å²) in [6.45, 7) is 5.58. The monoisotopic (exact) mass is 567 g/mol. The molecule has 12 nitrogen and oxygen atoms in total. The number of nitrogens with zero attached hydrogens (tertiary/aromatic N) is 3. The number of aliphatic imine (C=N–C) groups is 1. The maximum Gasteiger partial charge on any atom is 0.355 e. The van der Waals surface area contributed by atoms with E-state index in [2.05, 4.69) is 15.3 Å². The summed E-state index contributed by atoms with van der Waals surface area (Å²) in [5.74, 6) is -0.933. The van der Waals surface area contributed by atoms with Gasteiger partial charge in [0.15, 0.2) is 5.71 Å². The number of carbonyl (C=O) groups excluding carboxylic acids is 4. The normalized spacial score (nSPS) is 20.2. The van der Waals surface area contributed by atoms with Crippen LogP contribution in [0.5, 0.6) is 0 Å². The van der Waals surface area contributed by atoms with Crippen molar-refractivity contribution in [3.8, 4) is 0 Å². The molecule has 0 radical (unpaired) electrons. The van der Waals surface area contributed by atoms with E-state index in [1.807, 2.05) is 13.8 Å². The largest absolute Gasteiger partial charge is 0.458 e. The average molecular weight is 568 g/mol. The third-order valence-corrected chi connectivity index (χ3v) is 7.80. The van der Waals surface area contributed by atoms with E-state index >= 15 is 0 Å². The molecule has 38 heavy (non-hydrogen) atoms. The number of nitrogens with one attached hydrogen (secondary N) is 1. The summed E-state index contributed by atoms with van der Waals surface area (Å²) in [5, 5.41) is 4.06. The number of nitrogen functional groups attached to an aromatic ring is 1. The lowest BCUT2D eigenvalue weighted by Gasteiger charge is -2.49. The van der Waals surface area contributed by atoms with Gasteiger partial charge in [0, 0.05) is 38.2 Å². The van der Waals surface area contributed by atoms with Crippen molar-refractivity contribution < 1.29 is 33.4 Å². The number of fused-ring (bicyclic) bond motifs is 1. The van der Waals surface area contributed by atoms with Crippen LogP contribution in [0.15, 0.2) is 21.6 Å². The summed E-state index contributed by atoms with van der Waals surface area (Å²) in [7, 11) is 2.93. The van der Waals surface area contributed by atoms with Crippen molar-refractivity contribution in [1.29, 1.82) is 0 Å². The Morgan fingerprint density at radius 1 is 1.24 bits per heavy atom. The van der Waals surface area contributed by atoms with Crippen LogP contribution in [0.3, 0.4) is 0 Å². The summed E-state index contributed by atoms with van der Waals surface area (Å²) in [6, 6.07) is -0.894. The highest BCUT2D eigenvalue weighted by Gasteiger charge is 2.54. The zero-order valence-electron chi connectivity index (χ0n) is 22.0. The number of ketones is 1. The Bertz CT molecular complexity index is 1130. The predicted octanol–water partition coefficient (Wildman–Crippen LogP) is 1.36. The molecule has 0 saturated carbocycles. The van der Waals surface area contributed by atoms with Gasteiger partial charge in [-0.2, -0.15) is 0 Å². The van der Waals surface area contributed by atoms with E-state index in [0.717, 1.165) is 11.3 Å². The number of thioether (sulfide) groups is 1. The number of carbonyl (C=O) groups is 4. The Morgan fingerprint density at radius 3 is 2.58 bits per heavy atom. The third-order valence-electron chi connectivity index (χ3n) is 5.60. The molecule has 3 rings (SSSR count). The molecule has 2 amide bonds. The molecule has 2 aliphatic heterocycles. The fourth-order valence-corrected chi connectivity index (χ4v) is 6.11. The standard InChI is InChI=1S/C24H33N5O7S2/c1-12(2)6-15(30)7-13(3)36-24(33)19-14(8-34-4)9-38-23-18(22(32)29(19)23)28-20(31)17(26-11-35-5)21-27-16(25)10-37-21/h10,12-13,18,23H,6-9,11,25H2,1-5H3,(H,28,31)/b26-17-/t13?,18-,23-/m0/s1. The van der Waals surface area contributed by atoms with E-state index in [1.54, 1.807) is 12.3 Å². The van der Waals surface area contributed by atoms with Crippen molar-refractivity contribution in [2.45, 2.75) is 51.1 Å². The topological polar surface area (TPSA) is 163 Å². The van der Waals surface area contributed by atoms with Gasteiger partial charge in [-0.1, -0.05) is 13.8 Å². The van der Waals surface area contributed by atoms with E-state index < -0.39 is 35.3 Å². The van der Waals surface area contributed by atoms with Gasteiger partial charge in [-0.15, -0.1) is 23.1 Å². The molecule has 2 aliphatic rings. The minimum Gasteiger partial charge on any atom is -0.458 e. The lowest BCUT2D eigenvalue weighted by molar-refractivity contribution is -0.155. The second-order valence-electron chi connectivity index (χ2n) is 9.30. The molecule has 14 heteroatoms. The second-order valence-corrected chi connectivity index (χ2v) is 11.3. The number of amides is 2. The number of aromatic nitrogens is 1. The number of anilines is 1. The second kappa shape index (κ2) is 13.3. The van der Waals surface area contributed by atoms with Crippen LogP contribution in [0.4, 0.5) is 5.82 Å². The number of rotatable bonds is 13. The fourth-order valence-electron chi connectivity index (χ4n) is 4.07. The van der Waals surface area contributed by atoms with E-state index in [4.69, 9.17) is 19.9 Å². The highest BCUT2D eigenvalue weighted by molar-refractivity contribution is 8.00. The van der Waals surface area contributed by atoms with Crippen molar-refractivity contribution in [2.24, 2.45) is 10.9 Å². The molecule has 0 aliphatic carbocycles. The average Bonchev–Trinajstić information content (AvgIpc) is 3.27. The zero-order valence-corrected chi connectivity index (χ0v) is 23.6. The SMILES string of the molecule is COC/N=C(/C(=O)N[C@H]1C(=O)N2C(C(=O)OC(C)CC(=O)CC(C)C)=C(COC)CS[C@@H]12)c1nc(N)cs1. The van der Waals surface area contributed by atoms with Crippen LogP contribution >= 0.6 is 23.1 Å². The van der Waals surface area contributed by atoms with Gasteiger partial charge in [-0.3, -0.25) is 19.3 Å². The van der Waals surface area contributed by atoms with Gasteiger partial charge in [0.05, 0.1) is 6.61 Å². The molecule has 1 aromatic rings. The van der Waals surface area contributed by atoms with Gasteiger partial charge in [-0.25, -0.2) is 14.8 Å². The van der Waals surface area contributed by atoms with E-state index in [-0.39, 0.29) is 48.7 Å². The van der Waals surface area contributed by atoms with Crippen molar-refractivity contribution >= 4 is 58.2 Å². The third kappa shape index (κ3) is 6.98. The number of Topliss-reactive ketones (excluding diaryl/α,β-unsaturated/α-hetero) is 1. The van der Waals surface area contributed by atoms with Crippen LogP contribution < -0.4 is 11.1 Å². The first-order valence-corrected chi connectivity index (χ1v) is 13.9. The van der Waals surface area contributed by atoms with Gasteiger partial charge in [0.1, 0.15) is 46.6 Å². The molecule has 3 heterocycles. The minimum absolute atomic E-state index is 0.000739. The van der Waals surface area contributed by atoms with Crippen LogP contribution in [-0.2, 0) is 33.4 Å². The molecule has 0 bridgehead atoms. The number of hydrogen-bond acceptors (Lipinski definition) is 12. The molecule has 1 aromatic heterocycles. The highest BCUT2D eigenvalue weighted by atomic mass is 32.2. The number of nitrogens with two attached hydrogens (primary N) is 1. The van der Waals surface area contributed by atoms with Crippen molar-refractivity contribution in [3.63, 3.8) is 0 Å². The van der Waals surface area contributed by atoms with Gasteiger partial charge < -0.3 is 25.3 Å². The molecule has 1 saturated heterocycles. The number of ether oxygens (including phenoxy) is 3. The number of thiazole rings is 1. The zero-order chi connectivity index (χ0) is 28.0. The molecule has 0 aromatic carbocycles. The maximum atomic E-state index is 13.2. The number of methoxy groups -OCH3 is 2. The first kappa shape index (κ1) is 29.7. The maximum absolute atomic E-state index is 13.2. The molecule has 3 atom stereocenters. The summed E-state index contributed by atoms with van der Waals surface area (Å²) in [5.41, 5.74) is 6.38. The quantitative estimate of drug-likeness (QED) is 0.202. The van der Waals surface area contributed by atoms with Crippen LogP contribution in [0.2, 0.25) is 0 Å². The van der Waals surface area contributed by atoms with Gasteiger partial charge in [-0.05, 0) is 18.4 Å². The molecule has 0 spiro atoms. The van der Waals surface area contributed by atoms with Crippen molar-refractivity contribution in [1.82, 2.24) is 15.2 Å². The summed E-state index contributed by atoms with van der Waals surface area (Å²) < 4.78 is 15.8. The lowest BCUT2D eigenvalue weighted by atomic mass is 10.0. The molecular weight excluding hydrogens is 534 g/mol. The first-order chi connectivity index (χ1) is 18.1. The molecule has 1 fully saturated rings. The minimum atomic E-state index is -0.894. The molecule has 1 unspecified atom stereocenters. The number of esters is 1. The van der Waals surface area contributed by atoms with Crippen LogP contribution in [0.25, 0.3) is 0 Å². The van der Waals surface area contributed by atoms with E-state index in [0.29, 0.717) is 22.8 Å². The smallest absolute Gasteiger partial charge is 0.355 e. The van der Waals surface area contributed by atoms with Gasteiger partial charge in [0.2, 0.25) is 0 Å². The Hall–Kier alpha value is -2.81. The first-order valence-electron chi connectivity index (χ1n) is 12.0. The highest BCUT2D eigenvalue weighted by Crippen LogP contribution is 2.41. The Labute approximate surface area is 229 Å². The summed E-state index contributed by atoms with van der Waals surface area (Å²) in [4.78, 5) is 61.2. The summed E-state index contributed by atoms with van der Waals surface area (Å²) >= 11 is 2.54. The van der Waals surface area contributed by atoms with E-state index in [1.165, 1.54) is 30.9 Å². The van der Waals surface area contributed by atoms with Gasteiger partial charge >= 0.3 is 5.97 Å². The Balaban J connectivity index is 1.74. The predicted molar refractivity (Wildman–Crippen MR) is 143 cm³/mol. The Morgan fingerprint density at radius 2 is 1.97 bits per heavy atom. The molecular formula is C24H33N5O7S2. The van der Waals surface area contributed by atoms with Gasteiger partial charge in [0.25, 0.3) is 11.8 Å². The number of hydrogen-bond donors (Lipinski definition) is 2. The molecule has 3 N–H and O–H groups in total. The van der Waals surface area contributed by atoms with Crippen molar-refractivity contribution in [3.05, 3.63) is 21.7 Å². The van der Waals surface area contributed by atoms with Crippen LogP contribution in [-0.4, -0.2) is 90.0 Å².